The summed E-state index contributed by atoms with van der Waals surface area (Å²) in [6, 6.07) is 7.66. The summed E-state index contributed by atoms with van der Waals surface area (Å²) in [5.41, 5.74) is 1.70. The molecule has 0 aliphatic carbocycles. The molecule has 1 amide bonds. The van der Waals surface area contributed by atoms with E-state index in [0.29, 0.717) is 24.5 Å². The Morgan fingerprint density at radius 1 is 1.24 bits per heavy atom. The van der Waals surface area contributed by atoms with Gasteiger partial charge >= 0.3 is 5.69 Å². The molecule has 1 aromatic carbocycles. The van der Waals surface area contributed by atoms with E-state index in [0.717, 1.165) is 22.2 Å². The first-order valence-corrected chi connectivity index (χ1v) is 9.54. The van der Waals surface area contributed by atoms with E-state index in [-0.39, 0.29) is 23.5 Å². The van der Waals surface area contributed by atoms with Crippen molar-refractivity contribution in [1.29, 1.82) is 0 Å². The average molecular weight is 394 g/mol. The lowest BCUT2D eigenvalue weighted by molar-refractivity contribution is -0.119. The van der Waals surface area contributed by atoms with Gasteiger partial charge in [0.05, 0.1) is 6.61 Å². The molecule has 0 spiro atoms. The molecule has 150 valence electrons. The number of ether oxygens (including phenoxy) is 1. The van der Waals surface area contributed by atoms with Crippen LogP contribution in [-0.2, 0) is 24.8 Å². The van der Waals surface area contributed by atoms with E-state index in [9.17, 15) is 14.4 Å². The minimum Gasteiger partial charge on any atom is -0.493 e. The fraction of sp³-hybridized carbons (Fsp3) is 0.333. The summed E-state index contributed by atoms with van der Waals surface area (Å²) in [6.07, 6.45) is 2.33. The van der Waals surface area contributed by atoms with Crippen molar-refractivity contribution < 1.29 is 9.53 Å². The van der Waals surface area contributed by atoms with E-state index in [1.165, 1.54) is 11.6 Å². The maximum atomic E-state index is 13.2. The zero-order chi connectivity index (χ0) is 20.7. The van der Waals surface area contributed by atoms with Crippen molar-refractivity contribution in [3.63, 3.8) is 0 Å². The van der Waals surface area contributed by atoms with Crippen molar-refractivity contribution in [2.45, 2.75) is 26.8 Å². The summed E-state index contributed by atoms with van der Waals surface area (Å²) < 4.78 is 7.92. The zero-order valence-electron chi connectivity index (χ0n) is 16.6. The summed E-state index contributed by atoms with van der Waals surface area (Å²) in [4.78, 5) is 44.9. The third-order valence-electron chi connectivity index (χ3n) is 5.25. The number of nitrogens with zero attached hydrogens (tertiary/aromatic N) is 4. The summed E-state index contributed by atoms with van der Waals surface area (Å²) in [7, 11) is 1.54. The second-order valence-electron chi connectivity index (χ2n) is 7.06. The highest BCUT2D eigenvalue weighted by molar-refractivity contribution is 5.95. The molecule has 1 aliphatic heterocycles. The molecule has 8 heteroatoms. The van der Waals surface area contributed by atoms with Crippen LogP contribution in [0.2, 0.25) is 0 Å². The van der Waals surface area contributed by atoms with Gasteiger partial charge in [-0.2, -0.15) is 0 Å². The number of carbonyl (C=O) groups is 1. The molecule has 2 aromatic heterocycles. The van der Waals surface area contributed by atoms with Crippen LogP contribution in [0.15, 0.2) is 40.1 Å². The number of carbonyl (C=O) groups excluding carboxylic acids is 1. The molecule has 3 aromatic rings. The highest BCUT2D eigenvalue weighted by atomic mass is 16.5. The molecule has 0 bridgehead atoms. The fourth-order valence-corrected chi connectivity index (χ4v) is 3.81. The Morgan fingerprint density at radius 2 is 2.00 bits per heavy atom. The van der Waals surface area contributed by atoms with Gasteiger partial charge in [0.1, 0.15) is 17.7 Å². The fourth-order valence-electron chi connectivity index (χ4n) is 3.81. The van der Waals surface area contributed by atoms with Crippen LogP contribution in [0, 0.1) is 6.92 Å². The van der Waals surface area contributed by atoms with Crippen LogP contribution in [0.4, 0.5) is 5.69 Å². The lowest BCUT2D eigenvalue weighted by atomic mass is 10.2. The van der Waals surface area contributed by atoms with E-state index < -0.39 is 11.2 Å². The van der Waals surface area contributed by atoms with Gasteiger partial charge < -0.3 is 9.64 Å². The molecule has 1 aliphatic rings. The van der Waals surface area contributed by atoms with Crippen LogP contribution in [0.5, 0.6) is 5.75 Å². The van der Waals surface area contributed by atoms with Crippen molar-refractivity contribution in [2.24, 2.45) is 7.05 Å². The van der Waals surface area contributed by atoms with E-state index in [1.54, 1.807) is 18.0 Å². The Kier molecular flexibility index (Phi) is 4.70. The number of para-hydroxylation sites is 1. The number of amides is 1. The summed E-state index contributed by atoms with van der Waals surface area (Å²) >= 11 is 0. The third-order valence-corrected chi connectivity index (χ3v) is 5.25. The SMILES string of the molecule is CCOc1c(C)cnc2c1c(=O)n(CC(=O)N1CCc3ccccc31)c(=O)n2C. The van der Waals surface area contributed by atoms with Gasteiger partial charge in [0.15, 0.2) is 5.65 Å². The lowest BCUT2D eigenvalue weighted by Crippen LogP contribution is -2.44. The second kappa shape index (κ2) is 7.20. The Balaban J connectivity index is 1.82. The molecule has 0 unspecified atom stereocenters. The first kappa shape index (κ1) is 18.9. The predicted molar refractivity (Wildman–Crippen MR) is 110 cm³/mol. The normalized spacial score (nSPS) is 13.0. The van der Waals surface area contributed by atoms with Gasteiger partial charge in [-0.1, -0.05) is 18.2 Å². The maximum Gasteiger partial charge on any atom is 0.332 e. The van der Waals surface area contributed by atoms with Crippen molar-refractivity contribution >= 4 is 22.6 Å². The molecule has 0 radical (unpaired) electrons. The van der Waals surface area contributed by atoms with Gasteiger partial charge in [-0.3, -0.25) is 14.2 Å². The van der Waals surface area contributed by atoms with Crippen LogP contribution in [-0.4, -0.2) is 33.2 Å². The predicted octanol–water partition coefficient (Wildman–Crippen LogP) is 1.39. The molecular formula is C21H22N4O4. The molecule has 0 atom stereocenters. The Morgan fingerprint density at radius 3 is 2.76 bits per heavy atom. The zero-order valence-corrected chi connectivity index (χ0v) is 16.6. The van der Waals surface area contributed by atoms with Crippen molar-refractivity contribution in [1.82, 2.24) is 14.1 Å². The van der Waals surface area contributed by atoms with Crippen LogP contribution >= 0.6 is 0 Å². The van der Waals surface area contributed by atoms with Crippen LogP contribution in [0.1, 0.15) is 18.1 Å². The van der Waals surface area contributed by atoms with Crippen molar-refractivity contribution in [3.05, 3.63) is 62.4 Å². The number of fused-ring (bicyclic) bond motifs is 2. The molecule has 0 saturated carbocycles. The number of aryl methyl sites for hydroxylation is 2. The topological polar surface area (TPSA) is 86.4 Å². The molecule has 29 heavy (non-hydrogen) atoms. The minimum absolute atomic E-state index is 0.212. The van der Waals surface area contributed by atoms with Gasteiger partial charge in [-0.15, -0.1) is 0 Å². The molecule has 0 saturated heterocycles. The largest absolute Gasteiger partial charge is 0.493 e. The number of benzene rings is 1. The van der Waals surface area contributed by atoms with E-state index in [2.05, 4.69) is 4.98 Å². The van der Waals surface area contributed by atoms with Gasteiger partial charge in [0.2, 0.25) is 5.91 Å². The smallest absolute Gasteiger partial charge is 0.332 e. The van der Waals surface area contributed by atoms with E-state index in [1.807, 2.05) is 31.2 Å². The highest BCUT2D eigenvalue weighted by Gasteiger charge is 2.26. The summed E-state index contributed by atoms with van der Waals surface area (Å²) in [6.45, 7) is 4.17. The molecule has 0 N–H and O–H groups in total. The number of hydrogen-bond acceptors (Lipinski definition) is 5. The first-order valence-electron chi connectivity index (χ1n) is 9.54. The maximum absolute atomic E-state index is 13.2. The summed E-state index contributed by atoms with van der Waals surface area (Å²) in [5.74, 6) is 0.0953. The van der Waals surface area contributed by atoms with Crippen molar-refractivity contribution in [2.75, 3.05) is 18.1 Å². The monoisotopic (exact) mass is 394 g/mol. The Bertz CT molecular complexity index is 1240. The lowest BCUT2D eigenvalue weighted by Gasteiger charge is -2.19. The molecule has 8 nitrogen and oxygen atoms in total. The number of rotatable bonds is 4. The van der Waals surface area contributed by atoms with E-state index in [4.69, 9.17) is 4.74 Å². The van der Waals surface area contributed by atoms with Gasteiger partial charge in [-0.25, -0.2) is 14.3 Å². The molecule has 4 rings (SSSR count). The highest BCUT2D eigenvalue weighted by Crippen LogP contribution is 2.28. The number of hydrogen-bond donors (Lipinski definition) is 0. The summed E-state index contributed by atoms with van der Waals surface area (Å²) in [5, 5.41) is 0.212. The third kappa shape index (κ3) is 3.00. The van der Waals surface area contributed by atoms with Crippen LogP contribution < -0.4 is 20.9 Å². The molecule has 3 heterocycles. The minimum atomic E-state index is -0.581. The van der Waals surface area contributed by atoms with Crippen molar-refractivity contribution in [3.8, 4) is 5.75 Å². The van der Waals surface area contributed by atoms with E-state index >= 15 is 0 Å². The standard InChI is InChI=1S/C21H22N4O4/c1-4-29-18-13(2)11-22-19-17(18)20(27)25(21(28)23(19)3)12-16(26)24-10-9-14-7-5-6-8-15(14)24/h5-8,11H,4,9-10,12H2,1-3H3. The molecular weight excluding hydrogens is 372 g/mol. The number of pyridine rings is 1. The molecule has 0 fully saturated rings. The first-order chi connectivity index (χ1) is 13.9. The number of anilines is 1. The van der Waals surface area contributed by atoms with Gasteiger partial charge in [0.25, 0.3) is 5.56 Å². The van der Waals surface area contributed by atoms with Crippen LogP contribution in [0.3, 0.4) is 0 Å². The quantitative estimate of drug-likeness (QED) is 0.668. The van der Waals surface area contributed by atoms with Gasteiger partial charge in [-0.05, 0) is 31.9 Å². The number of aromatic nitrogens is 3. The Labute approximate surface area is 167 Å². The second-order valence-corrected chi connectivity index (χ2v) is 7.06. The Hall–Kier alpha value is -3.42. The van der Waals surface area contributed by atoms with Gasteiger partial charge in [0, 0.05) is 31.0 Å². The average Bonchev–Trinajstić information content (AvgIpc) is 3.15. The van der Waals surface area contributed by atoms with Crippen LogP contribution in [0.25, 0.3) is 11.0 Å².